The van der Waals surface area contributed by atoms with Gasteiger partial charge >= 0.3 is 5.97 Å². The number of carbonyl (C=O) groups is 3. The summed E-state index contributed by atoms with van der Waals surface area (Å²) in [6.07, 6.45) is 0.744. The van der Waals surface area contributed by atoms with Crippen LogP contribution in [-0.4, -0.2) is 38.1 Å². The number of ether oxygens (including phenoxy) is 3. The lowest BCUT2D eigenvalue weighted by molar-refractivity contribution is -0.123. The molecule has 2 amide bonds. The van der Waals surface area contributed by atoms with Gasteiger partial charge in [0.05, 0.1) is 23.8 Å². The zero-order valence-corrected chi connectivity index (χ0v) is 17.6. The average Bonchev–Trinajstić information content (AvgIpc) is 2.74. The molecule has 0 bridgehead atoms. The van der Waals surface area contributed by atoms with E-state index < -0.39 is 17.8 Å². The lowest BCUT2D eigenvalue weighted by atomic mass is 10.2. The first kappa shape index (κ1) is 22.2. The lowest BCUT2D eigenvalue weighted by Crippen LogP contribution is -2.43. The Labute approximate surface area is 176 Å². The minimum atomic E-state index is -0.544. The maximum absolute atomic E-state index is 12.1. The highest BCUT2D eigenvalue weighted by molar-refractivity contribution is 9.10. The van der Waals surface area contributed by atoms with Crippen LogP contribution in [0, 0.1) is 0 Å². The largest absolute Gasteiger partial charge is 0.496 e. The van der Waals surface area contributed by atoms with Crippen molar-refractivity contribution in [1.29, 1.82) is 0 Å². The average molecular weight is 465 g/mol. The number of rotatable bonds is 8. The SMILES string of the molecule is CCCOC(=O)c1ccc(OCC(=O)NNC(=O)c2ccc(OC)c(Br)c2)cc1. The first-order chi connectivity index (χ1) is 13.9. The molecule has 2 N–H and O–H groups in total. The molecular formula is C20H21BrN2O6. The molecule has 0 heterocycles. The van der Waals surface area contributed by atoms with E-state index in [1.807, 2.05) is 6.92 Å². The van der Waals surface area contributed by atoms with E-state index in [2.05, 4.69) is 26.8 Å². The zero-order chi connectivity index (χ0) is 21.2. The molecule has 8 nitrogen and oxygen atoms in total. The van der Waals surface area contributed by atoms with Gasteiger partial charge in [-0.1, -0.05) is 6.92 Å². The predicted octanol–water partition coefficient (Wildman–Crippen LogP) is 2.86. The van der Waals surface area contributed by atoms with Crippen LogP contribution in [0.4, 0.5) is 0 Å². The third kappa shape index (κ3) is 6.79. The number of amides is 2. The quantitative estimate of drug-likeness (QED) is 0.459. The molecule has 2 rings (SSSR count). The number of hydrogen-bond acceptors (Lipinski definition) is 6. The first-order valence-electron chi connectivity index (χ1n) is 8.77. The molecule has 9 heteroatoms. The third-order valence-electron chi connectivity index (χ3n) is 3.63. The molecule has 0 aliphatic rings. The van der Waals surface area contributed by atoms with E-state index in [4.69, 9.17) is 14.2 Å². The normalized spacial score (nSPS) is 10.0. The van der Waals surface area contributed by atoms with Crippen LogP contribution in [0.5, 0.6) is 11.5 Å². The Morgan fingerprint density at radius 1 is 1.00 bits per heavy atom. The van der Waals surface area contributed by atoms with Gasteiger partial charge in [0.15, 0.2) is 6.61 Å². The van der Waals surface area contributed by atoms with Crippen LogP contribution >= 0.6 is 15.9 Å². The van der Waals surface area contributed by atoms with Gasteiger partial charge < -0.3 is 14.2 Å². The molecule has 2 aromatic carbocycles. The standard InChI is InChI=1S/C20H21BrN2O6/c1-3-10-28-20(26)13-4-7-15(8-5-13)29-12-18(24)22-23-19(25)14-6-9-17(27-2)16(21)11-14/h4-9,11H,3,10,12H2,1-2H3,(H,22,24)(H,23,25). The molecule has 0 saturated carbocycles. The van der Waals surface area contributed by atoms with Crippen molar-refractivity contribution in [1.82, 2.24) is 10.9 Å². The van der Waals surface area contributed by atoms with Crippen LogP contribution in [0.2, 0.25) is 0 Å². The second kappa shape index (κ2) is 11.1. The van der Waals surface area contributed by atoms with Gasteiger partial charge in [0.1, 0.15) is 11.5 Å². The van der Waals surface area contributed by atoms with Crippen molar-refractivity contribution in [3.63, 3.8) is 0 Å². The third-order valence-corrected chi connectivity index (χ3v) is 4.25. The van der Waals surface area contributed by atoms with E-state index in [1.54, 1.807) is 42.5 Å². The van der Waals surface area contributed by atoms with Crippen molar-refractivity contribution in [3.8, 4) is 11.5 Å². The molecule has 0 radical (unpaired) electrons. The summed E-state index contributed by atoms with van der Waals surface area (Å²) in [5.74, 6) is -0.459. The van der Waals surface area contributed by atoms with Gasteiger partial charge in [-0.3, -0.25) is 20.4 Å². The maximum atomic E-state index is 12.1. The van der Waals surface area contributed by atoms with Gasteiger partial charge in [-0.15, -0.1) is 0 Å². The summed E-state index contributed by atoms with van der Waals surface area (Å²) >= 11 is 3.29. The topological polar surface area (TPSA) is 103 Å². The molecule has 154 valence electrons. The van der Waals surface area contributed by atoms with E-state index >= 15 is 0 Å². The van der Waals surface area contributed by atoms with Gasteiger partial charge in [0.25, 0.3) is 11.8 Å². The van der Waals surface area contributed by atoms with Crippen molar-refractivity contribution < 1.29 is 28.6 Å². The number of carbonyl (C=O) groups excluding carboxylic acids is 3. The van der Waals surface area contributed by atoms with Crippen molar-refractivity contribution in [2.24, 2.45) is 0 Å². The molecule has 29 heavy (non-hydrogen) atoms. The van der Waals surface area contributed by atoms with Gasteiger partial charge in [0, 0.05) is 5.56 Å². The minimum Gasteiger partial charge on any atom is -0.496 e. The summed E-state index contributed by atoms with van der Waals surface area (Å²) < 4.78 is 16.1. The fourth-order valence-corrected chi connectivity index (χ4v) is 2.70. The van der Waals surface area contributed by atoms with E-state index in [9.17, 15) is 14.4 Å². The molecule has 0 saturated heterocycles. The van der Waals surface area contributed by atoms with Crippen molar-refractivity contribution >= 4 is 33.7 Å². The summed E-state index contributed by atoms with van der Waals surface area (Å²) in [5.41, 5.74) is 5.30. The van der Waals surface area contributed by atoms with Crippen molar-refractivity contribution in [2.45, 2.75) is 13.3 Å². The molecule has 0 fully saturated rings. The summed E-state index contributed by atoms with van der Waals surface area (Å²) in [7, 11) is 1.52. The molecule has 0 spiro atoms. The number of benzene rings is 2. The highest BCUT2D eigenvalue weighted by Crippen LogP contribution is 2.25. The Morgan fingerprint density at radius 3 is 2.31 bits per heavy atom. The summed E-state index contributed by atoms with van der Waals surface area (Å²) in [6, 6.07) is 11.0. The number of methoxy groups -OCH3 is 1. The Balaban J connectivity index is 1.78. The minimum absolute atomic E-state index is 0.313. The zero-order valence-electron chi connectivity index (χ0n) is 16.0. The van der Waals surface area contributed by atoms with E-state index in [0.717, 1.165) is 6.42 Å². The van der Waals surface area contributed by atoms with Crippen LogP contribution in [0.15, 0.2) is 46.9 Å². The van der Waals surface area contributed by atoms with Gasteiger partial charge in [0.2, 0.25) is 0 Å². The molecule has 0 aromatic heterocycles. The van der Waals surface area contributed by atoms with Crippen LogP contribution in [0.25, 0.3) is 0 Å². The van der Waals surface area contributed by atoms with Crippen LogP contribution in [0.1, 0.15) is 34.1 Å². The monoisotopic (exact) mass is 464 g/mol. The molecule has 2 aromatic rings. The van der Waals surface area contributed by atoms with Crippen LogP contribution < -0.4 is 20.3 Å². The molecule has 0 unspecified atom stereocenters. The highest BCUT2D eigenvalue weighted by atomic mass is 79.9. The van der Waals surface area contributed by atoms with Crippen LogP contribution in [-0.2, 0) is 9.53 Å². The molecule has 0 aliphatic heterocycles. The van der Waals surface area contributed by atoms with Crippen LogP contribution in [0.3, 0.4) is 0 Å². The number of nitrogens with one attached hydrogen (secondary N) is 2. The second-order valence-corrected chi connectivity index (χ2v) is 6.65. The summed E-state index contributed by atoms with van der Waals surface area (Å²) in [5, 5.41) is 0. The molecular weight excluding hydrogens is 444 g/mol. The Bertz CT molecular complexity index is 870. The van der Waals surface area contributed by atoms with Gasteiger partial charge in [-0.25, -0.2) is 4.79 Å². The highest BCUT2D eigenvalue weighted by Gasteiger charge is 2.11. The van der Waals surface area contributed by atoms with Gasteiger partial charge in [-0.2, -0.15) is 0 Å². The fraction of sp³-hybridized carbons (Fsp3) is 0.250. The number of halogens is 1. The molecule has 0 atom stereocenters. The maximum Gasteiger partial charge on any atom is 0.338 e. The number of hydrogen-bond donors (Lipinski definition) is 2. The predicted molar refractivity (Wildman–Crippen MR) is 109 cm³/mol. The van der Waals surface area contributed by atoms with E-state index in [1.165, 1.54) is 7.11 Å². The summed E-state index contributed by atoms with van der Waals surface area (Å²) in [6.45, 7) is 1.95. The molecule has 0 aliphatic carbocycles. The van der Waals surface area contributed by atoms with Gasteiger partial charge in [-0.05, 0) is 64.8 Å². The Hall–Kier alpha value is -3.07. The second-order valence-electron chi connectivity index (χ2n) is 5.80. The van der Waals surface area contributed by atoms with E-state index in [0.29, 0.717) is 33.7 Å². The lowest BCUT2D eigenvalue weighted by Gasteiger charge is -2.10. The number of hydrazine groups is 1. The Morgan fingerprint density at radius 2 is 1.69 bits per heavy atom. The fourth-order valence-electron chi connectivity index (χ4n) is 2.16. The first-order valence-corrected chi connectivity index (χ1v) is 9.56. The van der Waals surface area contributed by atoms with Crippen molar-refractivity contribution in [2.75, 3.05) is 20.3 Å². The Kier molecular flexibility index (Phi) is 8.47. The smallest absolute Gasteiger partial charge is 0.338 e. The number of esters is 1. The van der Waals surface area contributed by atoms with Crippen molar-refractivity contribution in [3.05, 3.63) is 58.1 Å². The van der Waals surface area contributed by atoms with E-state index in [-0.39, 0.29) is 6.61 Å². The summed E-state index contributed by atoms with van der Waals surface area (Å²) in [4.78, 5) is 35.7.